The maximum absolute atomic E-state index is 5.79. The van der Waals surface area contributed by atoms with Gasteiger partial charge in [0.25, 0.3) is 0 Å². The SMILES string of the molecule is C[C@H](CNc1cncc(Cl)n1)N1CCOC[C@H]1C. The van der Waals surface area contributed by atoms with Crippen LogP contribution >= 0.6 is 11.6 Å². The highest BCUT2D eigenvalue weighted by Crippen LogP contribution is 2.12. The van der Waals surface area contributed by atoms with Crippen LogP contribution in [0, 0.1) is 0 Å². The first-order valence-corrected chi connectivity index (χ1v) is 6.59. The van der Waals surface area contributed by atoms with Gasteiger partial charge < -0.3 is 10.1 Å². The molecule has 6 heteroatoms. The Kier molecular flexibility index (Phi) is 4.74. The molecule has 2 rings (SSSR count). The fourth-order valence-electron chi connectivity index (χ4n) is 2.19. The lowest BCUT2D eigenvalue weighted by molar-refractivity contribution is -0.0159. The smallest absolute Gasteiger partial charge is 0.149 e. The second kappa shape index (κ2) is 6.31. The van der Waals surface area contributed by atoms with Crippen LogP contribution in [0.5, 0.6) is 0 Å². The quantitative estimate of drug-likeness (QED) is 0.902. The van der Waals surface area contributed by atoms with Gasteiger partial charge >= 0.3 is 0 Å². The molecule has 0 bridgehead atoms. The van der Waals surface area contributed by atoms with Gasteiger partial charge in [0, 0.05) is 25.2 Å². The topological polar surface area (TPSA) is 50.3 Å². The average molecular weight is 271 g/mol. The Morgan fingerprint density at radius 3 is 3.17 bits per heavy atom. The van der Waals surface area contributed by atoms with Crippen molar-refractivity contribution in [3.8, 4) is 0 Å². The third-order valence-corrected chi connectivity index (χ3v) is 3.35. The van der Waals surface area contributed by atoms with Crippen molar-refractivity contribution in [2.24, 2.45) is 0 Å². The zero-order valence-electron chi connectivity index (χ0n) is 10.8. The first kappa shape index (κ1) is 13.5. The van der Waals surface area contributed by atoms with Gasteiger partial charge in [-0.05, 0) is 13.8 Å². The molecule has 0 saturated carbocycles. The van der Waals surface area contributed by atoms with Crippen LogP contribution in [0.4, 0.5) is 5.82 Å². The molecule has 2 heterocycles. The molecule has 0 aliphatic carbocycles. The van der Waals surface area contributed by atoms with Gasteiger partial charge in [-0.3, -0.25) is 9.88 Å². The monoisotopic (exact) mass is 270 g/mol. The minimum absolute atomic E-state index is 0.410. The standard InChI is InChI=1S/C12H19ClN4O/c1-9(17-3-4-18-8-10(17)2)5-15-12-7-14-6-11(13)16-12/h6-7,9-10H,3-5,8H2,1-2H3,(H,15,16)/t9-,10-/m1/s1. The van der Waals surface area contributed by atoms with Crippen molar-refractivity contribution in [3.63, 3.8) is 0 Å². The number of hydrogen-bond donors (Lipinski definition) is 1. The largest absolute Gasteiger partial charge is 0.379 e. The molecule has 1 aromatic rings. The summed E-state index contributed by atoms with van der Waals surface area (Å²) in [4.78, 5) is 10.6. The molecule has 100 valence electrons. The summed E-state index contributed by atoms with van der Waals surface area (Å²) < 4.78 is 5.44. The van der Waals surface area contributed by atoms with Crippen LogP contribution in [0.3, 0.4) is 0 Å². The molecule has 0 radical (unpaired) electrons. The van der Waals surface area contributed by atoms with Gasteiger partial charge in [-0.15, -0.1) is 0 Å². The van der Waals surface area contributed by atoms with Crippen LogP contribution < -0.4 is 5.32 Å². The van der Waals surface area contributed by atoms with Crippen LogP contribution in [0.2, 0.25) is 5.15 Å². The molecule has 0 unspecified atom stereocenters. The van der Waals surface area contributed by atoms with E-state index in [1.54, 1.807) is 6.20 Å². The molecule has 18 heavy (non-hydrogen) atoms. The van der Waals surface area contributed by atoms with Crippen LogP contribution in [0.15, 0.2) is 12.4 Å². The number of nitrogens with one attached hydrogen (secondary N) is 1. The van der Waals surface area contributed by atoms with Crippen LogP contribution in [-0.4, -0.2) is 53.3 Å². The Morgan fingerprint density at radius 2 is 2.44 bits per heavy atom. The van der Waals surface area contributed by atoms with Crippen LogP contribution in [0.1, 0.15) is 13.8 Å². The molecule has 1 fully saturated rings. The molecule has 1 aromatic heterocycles. The van der Waals surface area contributed by atoms with E-state index in [0.29, 0.717) is 17.2 Å². The average Bonchev–Trinajstić information content (AvgIpc) is 2.37. The summed E-state index contributed by atoms with van der Waals surface area (Å²) in [5, 5.41) is 3.67. The normalized spacial score (nSPS) is 22.7. The van der Waals surface area contributed by atoms with E-state index < -0.39 is 0 Å². The summed E-state index contributed by atoms with van der Waals surface area (Å²) in [5.74, 6) is 0.718. The zero-order chi connectivity index (χ0) is 13.0. The molecule has 1 N–H and O–H groups in total. The summed E-state index contributed by atoms with van der Waals surface area (Å²) in [7, 11) is 0. The van der Waals surface area contributed by atoms with E-state index >= 15 is 0 Å². The second-order valence-corrected chi connectivity index (χ2v) is 5.01. The molecule has 1 aliphatic rings. The molecular formula is C12H19ClN4O. The molecule has 2 atom stereocenters. The highest BCUT2D eigenvalue weighted by atomic mass is 35.5. The number of morpholine rings is 1. The summed E-state index contributed by atoms with van der Waals surface area (Å²) in [6.07, 6.45) is 3.21. The van der Waals surface area contributed by atoms with Crippen LogP contribution in [0.25, 0.3) is 0 Å². The number of hydrogen-bond acceptors (Lipinski definition) is 5. The number of anilines is 1. The lowest BCUT2D eigenvalue weighted by atomic mass is 10.2. The zero-order valence-corrected chi connectivity index (χ0v) is 11.5. The van der Waals surface area contributed by atoms with Crippen molar-refractivity contribution >= 4 is 17.4 Å². The van der Waals surface area contributed by atoms with Crippen molar-refractivity contribution in [3.05, 3.63) is 17.5 Å². The van der Waals surface area contributed by atoms with Gasteiger partial charge in [-0.2, -0.15) is 0 Å². The fraction of sp³-hybridized carbons (Fsp3) is 0.667. The van der Waals surface area contributed by atoms with Crippen LogP contribution in [-0.2, 0) is 4.74 Å². The number of ether oxygens (including phenoxy) is 1. The van der Waals surface area contributed by atoms with Crippen molar-refractivity contribution in [1.29, 1.82) is 0 Å². The first-order chi connectivity index (χ1) is 8.66. The number of rotatable bonds is 4. The lowest BCUT2D eigenvalue weighted by Crippen LogP contribution is -2.50. The minimum Gasteiger partial charge on any atom is -0.379 e. The van der Waals surface area contributed by atoms with E-state index in [2.05, 4.69) is 34.0 Å². The molecule has 5 nitrogen and oxygen atoms in total. The Balaban J connectivity index is 1.85. The Morgan fingerprint density at radius 1 is 1.61 bits per heavy atom. The number of aromatic nitrogens is 2. The van der Waals surface area contributed by atoms with E-state index in [1.807, 2.05) is 0 Å². The lowest BCUT2D eigenvalue weighted by Gasteiger charge is -2.37. The predicted molar refractivity (Wildman–Crippen MR) is 72.0 cm³/mol. The maximum Gasteiger partial charge on any atom is 0.149 e. The summed E-state index contributed by atoms with van der Waals surface area (Å²) in [6.45, 7) is 7.80. The molecule has 1 saturated heterocycles. The van der Waals surface area contributed by atoms with Gasteiger partial charge in [-0.25, -0.2) is 4.98 Å². The predicted octanol–water partition coefficient (Wildman–Crippen LogP) is 1.65. The van der Waals surface area contributed by atoms with Crippen molar-refractivity contribution < 1.29 is 4.74 Å². The van der Waals surface area contributed by atoms with Gasteiger partial charge in [0.2, 0.25) is 0 Å². The number of halogens is 1. The summed E-state index contributed by atoms with van der Waals surface area (Å²) >= 11 is 5.79. The summed E-state index contributed by atoms with van der Waals surface area (Å²) in [5.41, 5.74) is 0. The third-order valence-electron chi connectivity index (χ3n) is 3.17. The van der Waals surface area contributed by atoms with E-state index in [4.69, 9.17) is 16.3 Å². The second-order valence-electron chi connectivity index (χ2n) is 4.62. The Bertz CT molecular complexity index is 390. The van der Waals surface area contributed by atoms with Crippen molar-refractivity contribution in [2.45, 2.75) is 25.9 Å². The molecule has 0 spiro atoms. The highest BCUT2D eigenvalue weighted by molar-refractivity contribution is 6.29. The molecule has 0 amide bonds. The van der Waals surface area contributed by atoms with Gasteiger partial charge in [0.05, 0.1) is 25.6 Å². The van der Waals surface area contributed by atoms with Gasteiger partial charge in [-0.1, -0.05) is 11.6 Å². The maximum atomic E-state index is 5.79. The van der Waals surface area contributed by atoms with Crippen molar-refractivity contribution in [2.75, 3.05) is 31.6 Å². The Hall–Kier alpha value is -0.910. The third kappa shape index (κ3) is 3.54. The fourth-order valence-corrected chi connectivity index (χ4v) is 2.34. The van der Waals surface area contributed by atoms with E-state index in [1.165, 1.54) is 6.20 Å². The van der Waals surface area contributed by atoms with E-state index in [0.717, 1.165) is 32.1 Å². The molecule has 0 aromatic carbocycles. The van der Waals surface area contributed by atoms with E-state index in [-0.39, 0.29) is 0 Å². The van der Waals surface area contributed by atoms with Crippen molar-refractivity contribution in [1.82, 2.24) is 14.9 Å². The van der Waals surface area contributed by atoms with Gasteiger partial charge in [0.1, 0.15) is 11.0 Å². The highest BCUT2D eigenvalue weighted by Gasteiger charge is 2.23. The van der Waals surface area contributed by atoms with Gasteiger partial charge in [0.15, 0.2) is 0 Å². The van der Waals surface area contributed by atoms with E-state index in [9.17, 15) is 0 Å². The minimum atomic E-state index is 0.410. The summed E-state index contributed by atoms with van der Waals surface area (Å²) in [6, 6.07) is 0.880. The first-order valence-electron chi connectivity index (χ1n) is 6.21. The Labute approximate surface area is 113 Å². The number of nitrogens with zero attached hydrogens (tertiary/aromatic N) is 3. The molecular weight excluding hydrogens is 252 g/mol. The molecule has 1 aliphatic heterocycles.